The number of rotatable bonds is 11. The Morgan fingerprint density at radius 2 is 1.09 bits per heavy atom. The van der Waals surface area contributed by atoms with Gasteiger partial charge in [-0.3, -0.25) is 0 Å². The lowest BCUT2D eigenvalue weighted by molar-refractivity contribution is -0.182. The molecule has 2 rings (SSSR count). The van der Waals surface area contributed by atoms with Crippen molar-refractivity contribution in [1.82, 2.24) is 0 Å². The summed E-state index contributed by atoms with van der Waals surface area (Å²) in [6, 6.07) is 9.03. The molecule has 2 aromatic carbocycles. The largest absolute Gasteiger partial charge is 0.504 e. The molecule has 0 unspecified atom stereocenters. The van der Waals surface area contributed by atoms with Crippen LogP contribution in [0.15, 0.2) is 36.4 Å². The maximum Gasteiger partial charge on any atom is 0.338 e. The fourth-order valence-electron chi connectivity index (χ4n) is 2.79. The summed E-state index contributed by atoms with van der Waals surface area (Å²) in [6.45, 7) is -0.222. The van der Waals surface area contributed by atoms with Crippen LogP contribution in [-0.4, -0.2) is 62.8 Å². The van der Waals surface area contributed by atoms with E-state index in [1.54, 1.807) is 12.1 Å². The Morgan fingerprint density at radius 1 is 0.719 bits per heavy atom. The summed E-state index contributed by atoms with van der Waals surface area (Å²) < 4.78 is 31.0. The molecule has 32 heavy (non-hydrogen) atoms. The number of methoxy groups -OCH3 is 4. The normalized spacial score (nSPS) is 12.5. The molecule has 174 valence electrons. The van der Waals surface area contributed by atoms with E-state index in [-0.39, 0.29) is 36.2 Å². The molecule has 10 nitrogen and oxygen atoms in total. The molecule has 0 saturated heterocycles. The van der Waals surface area contributed by atoms with Crippen molar-refractivity contribution in [1.29, 1.82) is 0 Å². The first-order valence-corrected chi connectivity index (χ1v) is 9.45. The predicted molar refractivity (Wildman–Crippen MR) is 111 cm³/mol. The van der Waals surface area contributed by atoms with Crippen LogP contribution in [-0.2, 0) is 41.8 Å². The minimum atomic E-state index is -1.44. The molecule has 0 saturated carbocycles. The van der Waals surface area contributed by atoms with Gasteiger partial charge >= 0.3 is 11.9 Å². The van der Waals surface area contributed by atoms with Gasteiger partial charge in [-0.25, -0.2) is 9.59 Å². The molecular formula is C22H26O10. The molecule has 0 amide bonds. The molecule has 0 aliphatic carbocycles. The highest BCUT2D eigenvalue weighted by molar-refractivity contribution is 5.85. The van der Waals surface area contributed by atoms with E-state index in [0.717, 1.165) is 14.2 Å². The van der Waals surface area contributed by atoms with Crippen molar-refractivity contribution in [2.45, 2.75) is 25.4 Å². The summed E-state index contributed by atoms with van der Waals surface area (Å²) in [5, 5.41) is 19.4. The number of benzene rings is 2. The first-order chi connectivity index (χ1) is 15.3. The van der Waals surface area contributed by atoms with Gasteiger partial charge in [0.05, 0.1) is 41.7 Å². The first-order valence-electron chi connectivity index (χ1n) is 9.45. The topological polar surface area (TPSA) is 130 Å². The fraction of sp³-hybridized carbons (Fsp3) is 0.364. The van der Waals surface area contributed by atoms with E-state index in [1.165, 1.54) is 38.5 Å². The second-order valence-electron chi connectivity index (χ2n) is 6.52. The zero-order valence-electron chi connectivity index (χ0n) is 18.2. The van der Waals surface area contributed by atoms with Gasteiger partial charge < -0.3 is 38.6 Å². The van der Waals surface area contributed by atoms with Gasteiger partial charge in [-0.1, -0.05) is 12.1 Å². The maximum atomic E-state index is 12.4. The molecular weight excluding hydrogens is 424 g/mol. The number of hydrogen-bond donors (Lipinski definition) is 2. The van der Waals surface area contributed by atoms with Crippen LogP contribution in [0.4, 0.5) is 0 Å². The summed E-state index contributed by atoms with van der Waals surface area (Å²) in [5.74, 6) is -1.34. The van der Waals surface area contributed by atoms with Gasteiger partial charge in [0, 0.05) is 0 Å². The van der Waals surface area contributed by atoms with Gasteiger partial charge in [-0.05, 0) is 35.4 Å². The second-order valence-corrected chi connectivity index (χ2v) is 6.52. The average molecular weight is 450 g/mol. The van der Waals surface area contributed by atoms with Crippen LogP contribution in [0.1, 0.15) is 11.1 Å². The summed E-state index contributed by atoms with van der Waals surface area (Å²) in [5.41, 5.74) is 1.14. The molecule has 0 spiro atoms. The number of hydrogen-bond acceptors (Lipinski definition) is 10. The Bertz CT molecular complexity index is 851. The third kappa shape index (κ3) is 6.25. The third-order valence-corrected chi connectivity index (χ3v) is 4.49. The predicted octanol–water partition coefficient (Wildman–Crippen LogP) is 1.93. The van der Waals surface area contributed by atoms with Crippen molar-refractivity contribution in [2.24, 2.45) is 0 Å². The van der Waals surface area contributed by atoms with Gasteiger partial charge in [-0.2, -0.15) is 0 Å². The van der Waals surface area contributed by atoms with Crippen molar-refractivity contribution in [3.63, 3.8) is 0 Å². The molecule has 0 bridgehead atoms. The van der Waals surface area contributed by atoms with Gasteiger partial charge in [0.1, 0.15) is 0 Å². The van der Waals surface area contributed by atoms with Crippen LogP contribution in [0.2, 0.25) is 0 Å². The van der Waals surface area contributed by atoms with Gasteiger partial charge in [-0.15, -0.1) is 0 Å². The second kappa shape index (κ2) is 11.8. The Kier molecular flexibility index (Phi) is 9.11. The monoisotopic (exact) mass is 450 g/mol. The van der Waals surface area contributed by atoms with E-state index in [1.807, 2.05) is 0 Å². The Hall–Kier alpha value is -3.50. The Labute approximate surface area is 185 Å². The van der Waals surface area contributed by atoms with Crippen LogP contribution in [0, 0.1) is 0 Å². The van der Waals surface area contributed by atoms with Crippen molar-refractivity contribution in [3.05, 3.63) is 47.5 Å². The molecule has 0 heterocycles. The van der Waals surface area contributed by atoms with E-state index < -0.39 is 24.1 Å². The van der Waals surface area contributed by atoms with Crippen LogP contribution < -0.4 is 9.47 Å². The molecule has 0 fully saturated rings. The SMILES string of the molecule is COC(=O)[C@@H](OCc1ccc(O)c(OC)c1)[C@H](OCc1ccc(O)c(OC)c1)C(=O)OC. The zero-order chi connectivity index (χ0) is 23.7. The number of aromatic hydroxyl groups is 2. The van der Waals surface area contributed by atoms with Gasteiger partial charge in [0.25, 0.3) is 0 Å². The van der Waals surface area contributed by atoms with Crippen molar-refractivity contribution >= 4 is 11.9 Å². The smallest absolute Gasteiger partial charge is 0.338 e. The average Bonchev–Trinajstić information content (AvgIpc) is 2.81. The van der Waals surface area contributed by atoms with Crippen LogP contribution >= 0.6 is 0 Å². The van der Waals surface area contributed by atoms with Gasteiger partial charge in [0.2, 0.25) is 0 Å². The lowest BCUT2D eigenvalue weighted by atomic mass is 10.1. The number of carbonyl (C=O) groups is 2. The van der Waals surface area contributed by atoms with E-state index >= 15 is 0 Å². The van der Waals surface area contributed by atoms with Gasteiger partial charge in [0.15, 0.2) is 35.2 Å². The highest BCUT2D eigenvalue weighted by Crippen LogP contribution is 2.28. The molecule has 10 heteroatoms. The summed E-state index contributed by atoms with van der Waals surface area (Å²) in [6.07, 6.45) is -2.88. The van der Waals surface area contributed by atoms with Crippen LogP contribution in [0.3, 0.4) is 0 Å². The zero-order valence-corrected chi connectivity index (χ0v) is 18.2. The van der Waals surface area contributed by atoms with Crippen LogP contribution in [0.5, 0.6) is 23.0 Å². The lowest BCUT2D eigenvalue weighted by Gasteiger charge is -2.24. The van der Waals surface area contributed by atoms with Crippen molar-refractivity contribution < 1.29 is 48.2 Å². The number of ether oxygens (including phenoxy) is 6. The third-order valence-electron chi connectivity index (χ3n) is 4.49. The fourth-order valence-corrected chi connectivity index (χ4v) is 2.79. The van der Waals surface area contributed by atoms with E-state index in [4.69, 9.17) is 28.4 Å². The molecule has 2 aromatic rings. The summed E-state index contributed by atoms with van der Waals surface area (Å²) in [7, 11) is 5.11. The lowest BCUT2D eigenvalue weighted by Crippen LogP contribution is -2.44. The number of carbonyl (C=O) groups excluding carboxylic acids is 2. The number of esters is 2. The number of phenols is 2. The Balaban J connectivity index is 2.20. The minimum Gasteiger partial charge on any atom is -0.504 e. The molecule has 0 aliphatic heterocycles. The maximum absolute atomic E-state index is 12.4. The Morgan fingerprint density at radius 3 is 1.41 bits per heavy atom. The number of phenolic OH excluding ortho intramolecular Hbond substituents is 2. The van der Waals surface area contributed by atoms with Crippen molar-refractivity contribution in [2.75, 3.05) is 28.4 Å². The van der Waals surface area contributed by atoms with E-state index in [9.17, 15) is 19.8 Å². The molecule has 2 N–H and O–H groups in total. The first kappa shape index (κ1) is 24.8. The summed E-state index contributed by atoms with van der Waals surface area (Å²) >= 11 is 0. The summed E-state index contributed by atoms with van der Waals surface area (Å²) in [4.78, 5) is 24.8. The molecule has 0 aromatic heterocycles. The standard InChI is InChI=1S/C22H26O10/c1-27-17-9-13(5-7-15(17)23)11-31-19(21(25)29-3)20(22(26)30-4)32-12-14-6-8-16(24)18(10-14)28-2/h5-10,19-20,23-24H,11-12H2,1-4H3/t19-,20-/m0/s1. The quantitative estimate of drug-likeness (QED) is 0.490. The van der Waals surface area contributed by atoms with Crippen molar-refractivity contribution in [3.8, 4) is 23.0 Å². The van der Waals surface area contributed by atoms with E-state index in [0.29, 0.717) is 11.1 Å². The highest BCUT2D eigenvalue weighted by Gasteiger charge is 2.38. The molecule has 0 aliphatic rings. The molecule has 0 radical (unpaired) electrons. The minimum absolute atomic E-state index is 0.0548. The highest BCUT2D eigenvalue weighted by atomic mass is 16.6. The van der Waals surface area contributed by atoms with E-state index in [2.05, 4.69) is 0 Å². The van der Waals surface area contributed by atoms with Crippen LogP contribution in [0.25, 0.3) is 0 Å². The molecule has 2 atom stereocenters.